The Morgan fingerprint density at radius 3 is 2.16 bits per heavy atom. The number of hydrogen-bond donors (Lipinski definition) is 0. The monoisotopic (exact) mass is 331 g/mol. The van der Waals surface area contributed by atoms with Crippen molar-refractivity contribution in [3.05, 3.63) is 71.3 Å². The minimum Gasteiger partial charge on any atom is -0.372 e. The lowest BCUT2D eigenvalue weighted by atomic mass is 10.0. The predicted octanol–water partition coefficient (Wildman–Crippen LogP) is 6.66. The molecule has 0 amide bonds. The lowest BCUT2D eigenvalue weighted by molar-refractivity contribution is 0.678. The molecule has 1 heteroatoms. The molecule has 0 N–H and O–H groups in total. The molecule has 1 aliphatic carbocycles. The smallest absolute Gasteiger partial charge is 0.0366 e. The third-order valence-electron chi connectivity index (χ3n) is 4.86. The number of rotatable bonds is 8. The van der Waals surface area contributed by atoms with Crippen molar-refractivity contribution in [3.8, 4) is 0 Å². The number of hydrogen-bond acceptors (Lipinski definition) is 1. The summed E-state index contributed by atoms with van der Waals surface area (Å²) in [6, 6.07) is 17.7. The fourth-order valence-corrected chi connectivity index (χ4v) is 3.33. The molecule has 0 saturated heterocycles. The van der Waals surface area contributed by atoms with Gasteiger partial charge in [-0.1, -0.05) is 75.2 Å². The molecular weight excluding hydrogens is 302 g/mol. The van der Waals surface area contributed by atoms with Gasteiger partial charge in [-0.25, -0.2) is 0 Å². The van der Waals surface area contributed by atoms with Gasteiger partial charge in [-0.3, -0.25) is 0 Å². The molecule has 0 aliphatic heterocycles. The van der Waals surface area contributed by atoms with E-state index < -0.39 is 0 Å². The van der Waals surface area contributed by atoms with Crippen LogP contribution in [-0.4, -0.2) is 13.1 Å². The topological polar surface area (TPSA) is 3.24 Å². The van der Waals surface area contributed by atoms with Crippen molar-refractivity contribution in [2.45, 2.75) is 39.5 Å². The lowest BCUT2D eigenvalue weighted by Gasteiger charge is -2.24. The molecule has 0 heterocycles. The second-order valence-electron chi connectivity index (χ2n) is 6.81. The number of benzene rings is 2. The summed E-state index contributed by atoms with van der Waals surface area (Å²) in [5.74, 6) is 0. The van der Waals surface area contributed by atoms with Crippen molar-refractivity contribution in [2.75, 3.05) is 18.0 Å². The summed E-state index contributed by atoms with van der Waals surface area (Å²) in [6.07, 6.45) is 11.7. The molecule has 2 aromatic rings. The van der Waals surface area contributed by atoms with Gasteiger partial charge in [0.25, 0.3) is 0 Å². The van der Waals surface area contributed by atoms with Crippen LogP contribution in [0.1, 0.15) is 56.2 Å². The van der Waals surface area contributed by atoms with Gasteiger partial charge < -0.3 is 4.90 Å². The molecular formula is C24H29N. The van der Waals surface area contributed by atoms with Crippen molar-refractivity contribution in [1.29, 1.82) is 0 Å². The maximum Gasteiger partial charge on any atom is 0.0366 e. The minimum absolute atomic E-state index is 1.16. The van der Waals surface area contributed by atoms with E-state index in [-0.39, 0.29) is 0 Å². The van der Waals surface area contributed by atoms with Crippen molar-refractivity contribution < 1.29 is 0 Å². The van der Waals surface area contributed by atoms with E-state index in [4.69, 9.17) is 0 Å². The number of anilines is 1. The number of fused-ring (bicyclic) bond motifs is 1. The zero-order valence-electron chi connectivity index (χ0n) is 15.5. The van der Waals surface area contributed by atoms with Crippen LogP contribution in [0.2, 0.25) is 0 Å². The summed E-state index contributed by atoms with van der Waals surface area (Å²) in [7, 11) is 0. The van der Waals surface area contributed by atoms with Crippen LogP contribution in [0.4, 0.5) is 5.69 Å². The maximum atomic E-state index is 2.54. The Morgan fingerprint density at radius 2 is 1.48 bits per heavy atom. The van der Waals surface area contributed by atoms with Crippen molar-refractivity contribution in [1.82, 2.24) is 0 Å². The first-order valence-electron chi connectivity index (χ1n) is 9.66. The van der Waals surface area contributed by atoms with Gasteiger partial charge in [-0.05, 0) is 53.3 Å². The first kappa shape index (κ1) is 17.5. The van der Waals surface area contributed by atoms with E-state index in [2.05, 4.69) is 85.5 Å². The van der Waals surface area contributed by atoms with Gasteiger partial charge in [0, 0.05) is 18.8 Å². The van der Waals surface area contributed by atoms with E-state index in [1.54, 1.807) is 0 Å². The van der Waals surface area contributed by atoms with Crippen molar-refractivity contribution >= 4 is 23.4 Å². The van der Waals surface area contributed by atoms with E-state index >= 15 is 0 Å². The van der Waals surface area contributed by atoms with Gasteiger partial charge in [0.1, 0.15) is 0 Å². The second kappa shape index (κ2) is 8.71. The van der Waals surface area contributed by atoms with Crippen LogP contribution >= 0.6 is 0 Å². The Balaban J connectivity index is 1.75. The Morgan fingerprint density at radius 1 is 0.800 bits per heavy atom. The van der Waals surface area contributed by atoms with Gasteiger partial charge in [0.2, 0.25) is 0 Å². The molecule has 1 nitrogen and oxygen atoms in total. The van der Waals surface area contributed by atoms with Gasteiger partial charge >= 0.3 is 0 Å². The highest BCUT2D eigenvalue weighted by molar-refractivity contribution is 5.97. The average molecular weight is 332 g/mol. The molecule has 2 aromatic carbocycles. The van der Waals surface area contributed by atoms with Gasteiger partial charge in [-0.15, -0.1) is 0 Å². The molecule has 0 unspecified atom stereocenters. The molecule has 0 bridgehead atoms. The highest BCUT2D eigenvalue weighted by Crippen LogP contribution is 2.30. The maximum absolute atomic E-state index is 2.54. The molecule has 0 spiro atoms. The summed E-state index contributed by atoms with van der Waals surface area (Å²) in [5.41, 5.74) is 6.57. The molecule has 0 aromatic heterocycles. The number of allylic oxidation sites excluding steroid dienone is 2. The summed E-state index contributed by atoms with van der Waals surface area (Å²) in [5, 5.41) is 0. The average Bonchev–Trinajstić information content (AvgIpc) is 3.06. The third kappa shape index (κ3) is 4.42. The molecule has 0 fully saturated rings. The lowest BCUT2D eigenvalue weighted by Crippen LogP contribution is -2.25. The molecule has 0 saturated carbocycles. The fraction of sp³-hybridized carbons (Fsp3) is 0.333. The SMILES string of the molecule is CCCCN(CCCC)c1ccc(/C=C2\C=Cc3ccccc32)cc1. The minimum atomic E-state index is 1.16. The Bertz CT molecular complexity index is 729. The number of unbranched alkanes of at least 4 members (excludes halogenated alkanes) is 2. The van der Waals surface area contributed by atoms with Crippen LogP contribution in [0.15, 0.2) is 54.6 Å². The molecule has 130 valence electrons. The highest BCUT2D eigenvalue weighted by atomic mass is 15.1. The van der Waals surface area contributed by atoms with Crippen LogP contribution in [0.3, 0.4) is 0 Å². The Hall–Kier alpha value is -2.28. The molecule has 0 atom stereocenters. The van der Waals surface area contributed by atoms with Gasteiger partial charge in [0.15, 0.2) is 0 Å². The normalized spacial score (nSPS) is 14.1. The number of nitrogens with zero attached hydrogens (tertiary/aromatic N) is 1. The largest absolute Gasteiger partial charge is 0.372 e. The predicted molar refractivity (Wildman–Crippen MR) is 112 cm³/mol. The van der Waals surface area contributed by atoms with Crippen molar-refractivity contribution in [3.63, 3.8) is 0 Å². The molecule has 0 radical (unpaired) electrons. The van der Waals surface area contributed by atoms with E-state index in [0.29, 0.717) is 0 Å². The van der Waals surface area contributed by atoms with Crippen LogP contribution < -0.4 is 4.90 Å². The Labute approximate surface area is 152 Å². The van der Waals surface area contributed by atoms with E-state index in [1.165, 1.54) is 53.6 Å². The molecule has 25 heavy (non-hydrogen) atoms. The molecule has 3 rings (SSSR count). The summed E-state index contributed by atoms with van der Waals surface area (Å²) in [4.78, 5) is 2.54. The van der Waals surface area contributed by atoms with E-state index in [0.717, 1.165) is 13.1 Å². The summed E-state index contributed by atoms with van der Waals surface area (Å²) >= 11 is 0. The first-order chi connectivity index (χ1) is 12.3. The summed E-state index contributed by atoms with van der Waals surface area (Å²) < 4.78 is 0. The quantitative estimate of drug-likeness (QED) is 0.522. The first-order valence-corrected chi connectivity index (χ1v) is 9.66. The highest BCUT2D eigenvalue weighted by Gasteiger charge is 2.09. The zero-order valence-corrected chi connectivity index (χ0v) is 15.5. The summed E-state index contributed by atoms with van der Waals surface area (Å²) in [6.45, 7) is 6.85. The Kier molecular flexibility index (Phi) is 6.11. The second-order valence-corrected chi connectivity index (χ2v) is 6.81. The van der Waals surface area contributed by atoms with E-state index in [9.17, 15) is 0 Å². The van der Waals surface area contributed by atoms with Crippen molar-refractivity contribution in [2.24, 2.45) is 0 Å². The standard InChI is InChI=1S/C24H29N/c1-3-5-17-25(18-6-4-2)23-15-11-20(12-16-23)19-22-14-13-21-9-7-8-10-24(21)22/h7-16,19H,3-6,17-18H2,1-2H3/b22-19+. The third-order valence-corrected chi connectivity index (χ3v) is 4.86. The van der Waals surface area contributed by atoms with Crippen LogP contribution in [0.5, 0.6) is 0 Å². The van der Waals surface area contributed by atoms with Gasteiger partial charge in [0.05, 0.1) is 0 Å². The fourth-order valence-electron chi connectivity index (χ4n) is 3.33. The molecule has 1 aliphatic rings. The van der Waals surface area contributed by atoms with E-state index in [1.807, 2.05) is 0 Å². The zero-order chi connectivity index (χ0) is 17.5. The van der Waals surface area contributed by atoms with Crippen LogP contribution in [-0.2, 0) is 0 Å². The van der Waals surface area contributed by atoms with Gasteiger partial charge in [-0.2, -0.15) is 0 Å². The van der Waals surface area contributed by atoms with Crippen LogP contribution in [0, 0.1) is 0 Å². The van der Waals surface area contributed by atoms with Crippen LogP contribution in [0.25, 0.3) is 17.7 Å².